The van der Waals surface area contributed by atoms with E-state index in [1.165, 1.54) is 6.92 Å². The van der Waals surface area contributed by atoms with Gasteiger partial charge < -0.3 is 14.0 Å². The van der Waals surface area contributed by atoms with Gasteiger partial charge in [0.2, 0.25) is 6.79 Å². The van der Waals surface area contributed by atoms with Crippen molar-refractivity contribution in [2.24, 2.45) is 5.41 Å². The van der Waals surface area contributed by atoms with Gasteiger partial charge in [0.05, 0.1) is 11.6 Å². The summed E-state index contributed by atoms with van der Waals surface area (Å²) in [6.45, 7) is 7.99. The van der Waals surface area contributed by atoms with Crippen LogP contribution in [0, 0.1) is 5.41 Å². The van der Waals surface area contributed by atoms with Gasteiger partial charge in [-0.1, -0.05) is 42.5 Å². The second-order valence-corrected chi connectivity index (χ2v) is 10.6. The smallest absolute Gasteiger partial charge is 0.382 e. The molecule has 0 aliphatic rings. The van der Waals surface area contributed by atoms with Crippen LogP contribution in [0.5, 0.6) is 5.75 Å². The molecule has 0 aliphatic heterocycles. The Kier molecular flexibility index (Phi) is 9.05. The molecule has 2 aromatic carbocycles. The second-order valence-electron chi connectivity index (χ2n) is 8.45. The van der Waals surface area contributed by atoms with Gasteiger partial charge in [0.1, 0.15) is 12.4 Å². The number of carbonyl (C=O) groups excluding carboxylic acids is 2. The fourth-order valence-electron chi connectivity index (χ4n) is 2.68. The Hall–Kier alpha value is -2.63. The van der Waals surface area contributed by atoms with Gasteiger partial charge in [-0.3, -0.25) is 14.1 Å². The Morgan fingerprint density at radius 1 is 1.00 bits per heavy atom. The van der Waals surface area contributed by atoms with Crippen LogP contribution in [0.1, 0.15) is 41.0 Å². The highest BCUT2D eigenvalue weighted by atomic mass is 31.2. The standard InChI is InChI=1S/C24H31O7P/c1-18(16-28-19(2)25)10-9-15-32(27,30-17-29-23(26)24(3,4)5)31-22-14-8-12-20-11-6-7-13-21(20)22/h6-8,10-14H,9,15-17H2,1-5H3/b18-10+. The monoisotopic (exact) mass is 462 g/mol. The van der Waals surface area contributed by atoms with Crippen molar-refractivity contribution in [1.29, 1.82) is 0 Å². The molecule has 32 heavy (non-hydrogen) atoms. The van der Waals surface area contributed by atoms with E-state index in [4.69, 9.17) is 18.5 Å². The van der Waals surface area contributed by atoms with E-state index in [0.717, 1.165) is 16.3 Å². The second kappa shape index (κ2) is 11.3. The number of ether oxygens (including phenoxy) is 2. The van der Waals surface area contributed by atoms with Crippen molar-refractivity contribution in [3.05, 3.63) is 54.1 Å². The molecule has 1 atom stereocenters. The Bertz CT molecular complexity index is 1020. The number of carbonyl (C=O) groups is 2. The number of benzene rings is 2. The number of fused-ring (bicyclic) bond motifs is 1. The van der Waals surface area contributed by atoms with E-state index in [0.29, 0.717) is 12.2 Å². The molecular formula is C24H31O7P. The molecule has 0 amide bonds. The van der Waals surface area contributed by atoms with Crippen molar-refractivity contribution < 1.29 is 32.7 Å². The third kappa shape index (κ3) is 8.13. The van der Waals surface area contributed by atoms with Gasteiger partial charge in [0, 0.05) is 12.3 Å². The van der Waals surface area contributed by atoms with Crippen molar-refractivity contribution in [3.8, 4) is 5.75 Å². The lowest BCUT2D eigenvalue weighted by Gasteiger charge is -2.21. The molecule has 0 aromatic heterocycles. The molecule has 0 radical (unpaired) electrons. The quantitative estimate of drug-likeness (QED) is 0.189. The third-order valence-corrected chi connectivity index (χ3v) is 6.22. The number of hydrogen-bond acceptors (Lipinski definition) is 7. The zero-order valence-corrected chi connectivity index (χ0v) is 20.1. The van der Waals surface area contributed by atoms with Crippen molar-refractivity contribution >= 4 is 30.3 Å². The molecule has 174 valence electrons. The molecular weight excluding hydrogens is 431 g/mol. The van der Waals surface area contributed by atoms with E-state index in [1.807, 2.05) is 49.4 Å². The lowest BCUT2D eigenvalue weighted by Crippen LogP contribution is -2.24. The molecule has 2 rings (SSSR count). The lowest BCUT2D eigenvalue weighted by molar-refractivity contribution is -0.159. The summed E-state index contributed by atoms with van der Waals surface area (Å²) in [6.07, 6.45) is 2.23. The number of rotatable bonds is 10. The number of allylic oxidation sites excluding steroid dienone is 1. The molecule has 0 spiro atoms. The molecule has 0 heterocycles. The largest absolute Gasteiger partial charge is 0.461 e. The van der Waals surface area contributed by atoms with Crippen LogP contribution in [0.3, 0.4) is 0 Å². The van der Waals surface area contributed by atoms with E-state index >= 15 is 0 Å². The van der Waals surface area contributed by atoms with Crippen LogP contribution in [0.4, 0.5) is 0 Å². The first kappa shape index (κ1) is 25.6. The van der Waals surface area contributed by atoms with Crippen LogP contribution in [0.2, 0.25) is 0 Å². The van der Waals surface area contributed by atoms with Crippen molar-refractivity contribution in [3.63, 3.8) is 0 Å². The van der Waals surface area contributed by atoms with Gasteiger partial charge in [-0.2, -0.15) is 0 Å². The number of esters is 2. The maximum atomic E-state index is 13.6. The summed E-state index contributed by atoms with van der Waals surface area (Å²) in [7, 11) is -3.68. The van der Waals surface area contributed by atoms with E-state index in [-0.39, 0.29) is 18.7 Å². The maximum absolute atomic E-state index is 13.6. The maximum Gasteiger partial charge on any atom is 0.382 e. The molecule has 1 unspecified atom stereocenters. The fourth-order valence-corrected chi connectivity index (χ4v) is 4.07. The first-order chi connectivity index (χ1) is 15.0. The van der Waals surface area contributed by atoms with Gasteiger partial charge in [0.15, 0.2) is 0 Å². The molecule has 8 heteroatoms. The van der Waals surface area contributed by atoms with E-state index in [1.54, 1.807) is 26.8 Å². The summed E-state index contributed by atoms with van der Waals surface area (Å²) >= 11 is 0. The van der Waals surface area contributed by atoms with Crippen molar-refractivity contribution in [1.82, 2.24) is 0 Å². The molecule has 0 saturated carbocycles. The molecule has 0 saturated heterocycles. The minimum absolute atomic E-state index is 0.0563. The van der Waals surface area contributed by atoms with Gasteiger partial charge >= 0.3 is 19.5 Å². The average molecular weight is 462 g/mol. The molecule has 7 nitrogen and oxygen atoms in total. The fraction of sp³-hybridized carbons (Fsp3) is 0.417. The molecule has 0 aliphatic carbocycles. The molecule has 0 N–H and O–H groups in total. The minimum atomic E-state index is -3.68. The average Bonchev–Trinajstić information content (AvgIpc) is 2.72. The van der Waals surface area contributed by atoms with Crippen LogP contribution < -0.4 is 4.52 Å². The molecule has 0 bridgehead atoms. The van der Waals surface area contributed by atoms with E-state index in [2.05, 4.69) is 0 Å². The summed E-state index contributed by atoms with van der Waals surface area (Å²) in [5, 5.41) is 1.74. The van der Waals surface area contributed by atoms with Gasteiger partial charge in [-0.05, 0) is 51.1 Å². The van der Waals surface area contributed by atoms with Crippen molar-refractivity contribution in [2.75, 3.05) is 19.6 Å². The first-order valence-corrected chi connectivity index (χ1v) is 12.1. The Balaban J connectivity index is 2.16. The SMILES string of the molecule is CC(=O)OC/C(C)=C/CCP(=O)(OCOC(=O)C(C)(C)C)Oc1cccc2ccccc12. The third-order valence-electron chi connectivity index (χ3n) is 4.44. The summed E-state index contributed by atoms with van der Waals surface area (Å²) in [6, 6.07) is 13.0. The molecule has 0 fully saturated rings. The number of hydrogen-bond donors (Lipinski definition) is 0. The van der Waals surface area contributed by atoms with Crippen LogP contribution in [-0.2, 0) is 28.2 Å². The first-order valence-electron chi connectivity index (χ1n) is 10.4. The Morgan fingerprint density at radius 2 is 1.69 bits per heavy atom. The summed E-state index contributed by atoms with van der Waals surface area (Å²) in [4.78, 5) is 23.0. The molecule has 2 aromatic rings. The van der Waals surface area contributed by atoms with Crippen LogP contribution in [0.25, 0.3) is 10.8 Å². The van der Waals surface area contributed by atoms with Gasteiger partial charge in [-0.15, -0.1) is 0 Å². The topological polar surface area (TPSA) is 88.1 Å². The van der Waals surface area contributed by atoms with E-state index < -0.39 is 25.8 Å². The Labute approximate surface area is 189 Å². The zero-order valence-electron chi connectivity index (χ0n) is 19.3. The highest BCUT2D eigenvalue weighted by Crippen LogP contribution is 2.50. The predicted molar refractivity (Wildman–Crippen MR) is 124 cm³/mol. The Morgan fingerprint density at radius 3 is 2.38 bits per heavy atom. The van der Waals surface area contributed by atoms with Gasteiger partial charge in [-0.25, -0.2) is 4.57 Å². The minimum Gasteiger partial charge on any atom is -0.461 e. The summed E-state index contributed by atoms with van der Waals surface area (Å²) < 4.78 is 35.0. The van der Waals surface area contributed by atoms with Crippen LogP contribution in [-0.4, -0.2) is 31.5 Å². The normalized spacial score (nSPS) is 14.0. The summed E-state index contributed by atoms with van der Waals surface area (Å²) in [5.74, 6) is -0.410. The van der Waals surface area contributed by atoms with Crippen molar-refractivity contribution in [2.45, 2.75) is 41.0 Å². The zero-order chi connectivity index (χ0) is 23.8. The van der Waals surface area contributed by atoms with Crippen LogP contribution >= 0.6 is 7.60 Å². The van der Waals surface area contributed by atoms with Crippen LogP contribution in [0.15, 0.2) is 54.1 Å². The van der Waals surface area contributed by atoms with Gasteiger partial charge in [0.25, 0.3) is 0 Å². The predicted octanol–water partition coefficient (Wildman–Crippen LogP) is 5.87. The summed E-state index contributed by atoms with van der Waals surface area (Å²) in [5.41, 5.74) is 0.108. The highest BCUT2D eigenvalue weighted by molar-refractivity contribution is 7.54. The highest BCUT2D eigenvalue weighted by Gasteiger charge is 2.29. The lowest BCUT2D eigenvalue weighted by atomic mass is 9.98. The van der Waals surface area contributed by atoms with E-state index in [9.17, 15) is 14.2 Å².